The van der Waals surface area contributed by atoms with Crippen LogP contribution < -0.4 is 15.0 Å². The van der Waals surface area contributed by atoms with Gasteiger partial charge in [0.1, 0.15) is 6.54 Å². The monoisotopic (exact) mass is 478 g/mol. The van der Waals surface area contributed by atoms with Gasteiger partial charge >= 0.3 is 0 Å². The number of piperidine rings is 3. The van der Waals surface area contributed by atoms with Crippen molar-refractivity contribution in [3.63, 3.8) is 0 Å². The summed E-state index contributed by atoms with van der Waals surface area (Å²) in [5.41, 5.74) is 1.74. The minimum Gasteiger partial charge on any atom is -0.493 e. The van der Waals surface area contributed by atoms with Crippen LogP contribution in [0.1, 0.15) is 38.5 Å². The first-order valence-electron chi connectivity index (χ1n) is 12.9. The molecule has 0 N–H and O–H groups in total. The average Bonchev–Trinajstić information content (AvgIpc) is 2.89. The predicted molar refractivity (Wildman–Crippen MR) is 133 cm³/mol. The summed E-state index contributed by atoms with van der Waals surface area (Å²) in [6.45, 7) is 3.04. The van der Waals surface area contributed by atoms with Gasteiger partial charge in [-0.15, -0.1) is 0 Å². The van der Waals surface area contributed by atoms with Crippen LogP contribution in [0.3, 0.4) is 0 Å². The van der Waals surface area contributed by atoms with E-state index in [1.54, 1.807) is 19.2 Å². The third-order valence-electron chi connectivity index (χ3n) is 8.61. The lowest BCUT2D eigenvalue weighted by atomic mass is 9.68. The zero-order chi connectivity index (χ0) is 24.1. The Balaban J connectivity index is 1.27. The van der Waals surface area contributed by atoms with Gasteiger partial charge in [0.05, 0.1) is 37.5 Å². The highest BCUT2D eigenvalue weighted by Gasteiger charge is 2.46. The molecule has 1 aromatic carbocycles. The number of benzene rings is 1. The van der Waals surface area contributed by atoms with E-state index in [0.717, 1.165) is 25.9 Å². The van der Waals surface area contributed by atoms with Gasteiger partial charge < -0.3 is 14.4 Å². The molecular formula is C27H34N4O4. The fraction of sp³-hybridized carbons (Fsp3) is 0.593. The van der Waals surface area contributed by atoms with E-state index >= 15 is 0 Å². The van der Waals surface area contributed by atoms with Gasteiger partial charge in [0, 0.05) is 25.2 Å². The number of aromatic nitrogens is 2. The first kappa shape index (κ1) is 22.6. The lowest BCUT2D eigenvalue weighted by molar-refractivity contribution is -0.137. The highest BCUT2D eigenvalue weighted by atomic mass is 16.5. The maximum absolute atomic E-state index is 13.6. The molecule has 2 aromatic rings. The summed E-state index contributed by atoms with van der Waals surface area (Å²) in [4.78, 5) is 36.1. The zero-order valence-corrected chi connectivity index (χ0v) is 20.6. The molecule has 4 heterocycles. The number of carbonyl (C=O) groups is 1. The lowest BCUT2D eigenvalue weighted by Gasteiger charge is -2.54. The van der Waals surface area contributed by atoms with Crippen molar-refractivity contribution in [2.75, 3.05) is 33.9 Å². The number of methoxy groups -OCH3 is 2. The molecule has 1 aliphatic carbocycles. The predicted octanol–water partition coefficient (Wildman–Crippen LogP) is 2.84. The molecule has 2 bridgehead atoms. The molecule has 4 aliphatic rings. The molecule has 6 rings (SSSR count). The molecule has 0 unspecified atom stereocenters. The number of ether oxygens (including phenoxy) is 2. The highest BCUT2D eigenvalue weighted by Crippen LogP contribution is 2.45. The summed E-state index contributed by atoms with van der Waals surface area (Å²) in [7, 11) is 3.09. The van der Waals surface area contributed by atoms with Gasteiger partial charge in [-0.3, -0.25) is 19.1 Å². The van der Waals surface area contributed by atoms with Crippen LogP contribution in [-0.4, -0.2) is 71.2 Å². The zero-order valence-electron chi connectivity index (χ0n) is 20.6. The topological polar surface area (TPSA) is 76.9 Å². The van der Waals surface area contributed by atoms with E-state index in [-0.39, 0.29) is 24.1 Å². The van der Waals surface area contributed by atoms with Crippen molar-refractivity contribution in [1.29, 1.82) is 0 Å². The summed E-state index contributed by atoms with van der Waals surface area (Å²) >= 11 is 0. The van der Waals surface area contributed by atoms with Crippen LogP contribution in [0.15, 0.2) is 34.9 Å². The van der Waals surface area contributed by atoms with Crippen LogP contribution in [0.5, 0.6) is 11.5 Å². The van der Waals surface area contributed by atoms with Crippen LogP contribution in [0.2, 0.25) is 0 Å². The largest absolute Gasteiger partial charge is 0.493 e. The molecule has 0 saturated carbocycles. The number of fused-ring (bicyclic) bond motifs is 7. The fourth-order valence-electron chi connectivity index (χ4n) is 7.09. The van der Waals surface area contributed by atoms with Crippen molar-refractivity contribution in [3.05, 3.63) is 40.5 Å². The van der Waals surface area contributed by atoms with E-state index < -0.39 is 0 Å². The Kier molecular flexibility index (Phi) is 5.79. The van der Waals surface area contributed by atoms with Gasteiger partial charge in [0.25, 0.3) is 5.56 Å². The van der Waals surface area contributed by atoms with E-state index in [4.69, 9.17) is 9.47 Å². The number of hydrogen-bond donors (Lipinski definition) is 0. The van der Waals surface area contributed by atoms with Crippen molar-refractivity contribution in [1.82, 2.24) is 19.4 Å². The smallest absolute Gasteiger partial charge is 0.261 e. The maximum Gasteiger partial charge on any atom is 0.261 e. The van der Waals surface area contributed by atoms with Crippen molar-refractivity contribution in [2.45, 2.75) is 57.2 Å². The third-order valence-corrected chi connectivity index (χ3v) is 8.61. The molecule has 4 atom stereocenters. The number of rotatable bonds is 4. The summed E-state index contributed by atoms with van der Waals surface area (Å²) in [6, 6.07) is 4.20. The summed E-state index contributed by atoms with van der Waals surface area (Å²) in [5, 5.41) is 0.418. The Labute approximate surface area is 205 Å². The molecule has 3 fully saturated rings. The molecule has 0 spiro atoms. The first-order chi connectivity index (χ1) is 17.1. The molecule has 3 saturated heterocycles. The van der Waals surface area contributed by atoms with Gasteiger partial charge in [-0.2, -0.15) is 0 Å². The first-order valence-corrected chi connectivity index (χ1v) is 12.9. The van der Waals surface area contributed by atoms with E-state index in [1.165, 1.54) is 55.8 Å². The third kappa shape index (κ3) is 3.82. The minimum absolute atomic E-state index is 0.00237. The van der Waals surface area contributed by atoms with Gasteiger partial charge in [-0.25, -0.2) is 4.98 Å². The second-order valence-corrected chi connectivity index (χ2v) is 10.5. The van der Waals surface area contributed by atoms with Gasteiger partial charge in [-0.1, -0.05) is 18.1 Å². The second-order valence-electron chi connectivity index (χ2n) is 10.5. The maximum atomic E-state index is 13.6. The Morgan fingerprint density at radius 3 is 2.77 bits per heavy atom. The van der Waals surface area contributed by atoms with E-state index in [1.807, 2.05) is 0 Å². The standard InChI is InChI=1S/C27H34N4O4/c1-34-23-12-20-21(13-24(23)35-2)28-16-30(27(20)33)15-25(32)31-9-5-6-17-10-18-11-19(26(17)31)14-29-8-4-3-7-22(18)29/h10,12-13,16,18-19,22,26H,3-9,11,14-15H2,1-2H3/t18-,19+,22+,26+/m1/s1. The van der Waals surface area contributed by atoms with Crippen LogP contribution in [-0.2, 0) is 11.3 Å². The minimum atomic E-state index is -0.241. The van der Waals surface area contributed by atoms with Crippen LogP contribution in [0, 0.1) is 11.8 Å². The molecular weight excluding hydrogens is 444 g/mol. The number of amides is 1. The Hall–Kier alpha value is -2.87. The summed E-state index contributed by atoms with van der Waals surface area (Å²) in [5.74, 6) is 2.12. The molecule has 1 aromatic heterocycles. The van der Waals surface area contributed by atoms with Crippen LogP contribution in [0.25, 0.3) is 10.9 Å². The molecule has 1 amide bonds. The lowest BCUT2D eigenvalue weighted by Crippen LogP contribution is -2.60. The van der Waals surface area contributed by atoms with Crippen molar-refractivity contribution in [2.24, 2.45) is 11.8 Å². The molecule has 186 valence electrons. The highest BCUT2D eigenvalue weighted by molar-refractivity contribution is 5.82. The number of hydrogen-bond acceptors (Lipinski definition) is 6. The van der Waals surface area contributed by atoms with Gasteiger partial charge in [0.15, 0.2) is 11.5 Å². The molecule has 8 nitrogen and oxygen atoms in total. The summed E-state index contributed by atoms with van der Waals surface area (Å²) < 4.78 is 12.1. The average molecular weight is 479 g/mol. The molecule has 35 heavy (non-hydrogen) atoms. The Bertz CT molecular complexity index is 1240. The van der Waals surface area contributed by atoms with E-state index in [0.29, 0.717) is 40.3 Å². The van der Waals surface area contributed by atoms with Crippen molar-refractivity contribution in [3.8, 4) is 11.5 Å². The van der Waals surface area contributed by atoms with Crippen molar-refractivity contribution >= 4 is 16.8 Å². The fourth-order valence-corrected chi connectivity index (χ4v) is 7.09. The Morgan fingerprint density at radius 1 is 1.11 bits per heavy atom. The number of likely N-dealkylation sites (tertiary alicyclic amines) is 1. The van der Waals surface area contributed by atoms with Crippen molar-refractivity contribution < 1.29 is 14.3 Å². The number of carbonyl (C=O) groups excluding carboxylic acids is 1. The summed E-state index contributed by atoms with van der Waals surface area (Å²) in [6.07, 6.45) is 11.2. The Morgan fingerprint density at radius 2 is 1.94 bits per heavy atom. The van der Waals surface area contributed by atoms with E-state index in [9.17, 15) is 9.59 Å². The SMILES string of the molecule is COc1cc2ncn(CC(=O)N3CCCC4=C[C@@H]5C[C@@H](CN6CCCC[C@@H]56)[C@H]43)c(=O)c2cc1OC. The quantitative estimate of drug-likeness (QED) is 0.629. The van der Waals surface area contributed by atoms with Gasteiger partial charge in [-0.05, 0) is 56.6 Å². The van der Waals surface area contributed by atoms with Gasteiger partial charge in [0.2, 0.25) is 5.91 Å². The van der Waals surface area contributed by atoms with Crippen LogP contribution >= 0.6 is 0 Å². The molecule has 8 heteroatoms. The molecule has 3 aliphatic heterocycles. The molecule has 0 radical (unpaired) electrons. The normalized spacial score (nSPS) is 28.2. The van der Waals surface area contributed by atoms with E-state index in [2.05, 4.69) is 20.9 Å². The second kappa shape index (κ2) is 8.97. The van der Waals surface area contributed by atoms with Crippen LogP contribution in [0.4, 0.5) is 0 Å². The number of nitrogens with zero attached hydrogens (tertiary/aromatic N) is 4.